The molecule has 0 radical (unpaired) electrons. The highest BCUT2D eigenvalue weighted by atomic mass is 19.2. The standard InChI is InChI=1S/C16H26F2N2/c1-11(2)7-9-20(10-8-12(3)4)16-14(19)6-5-13(17)15(16)18/h5-6,11-12H,7-10,19H2,1-4H3. The van der Waals surface area contributed by atoms with Crippen LogP contribution in [0, 0.1) is 23.5 Å². The minimum atomic E-state index is -0.840. The number of nitrogens with two attached hydrogens (primary N) is 1. The summed E-state index contributed by atoms with van der Waals surface area (Å²) in [6.07, 6.45) is 1.85. The van der Waals surface area contributed by atoms with Crippen molar-refractivity contribution in [3.05, 3.63) is 23.8 Å². The average Bonchev–Trinajstić information content (AvgIpc) is 2.36. The number of benzene rings is 1. The Kier molecular flexibility index (Phi) is 6.24. The topological polar surface area (TPSA) is 29.3 Å². The monoisotopic (exact) mass is 284 g/mol. The molecule has 2 N–H and O–H groups in total. The molecule has 0 aromatic heterocycles. The van der Waals surface area contributed by atoms with Gasteiger partial charge in [-0.15, -0.1) is 0 Å². The van der Waals surface area contributed by atoms with Crippen molar-refractivity contribution in [3.8, 4) is 0 Å². The van der Waals surface area contributed by atoms with Crippen LogP contribution in [0.3, 0.4) is 0 Å². The summed E-state index contributed by atoms with van der Waals surface area (Å²) in [5.41, 5.74) is 6.37. The molecule has 0 spiro atoms. The lowest BCUT2D eigenvalue weighted by Crippen LogP contribution is -2.29. The lowest BCUT2D eigenvalue weighted by atomic mass is 10.1. The van der Waals surface area contributed by atoms with Gasteiger partial charge in [-0.25, -0.2) is 8.78 Å². The van der Waals surface area contributed by atoms with E-state index in [0.29, 0.717) is 30.6 Å². The predicted molar refractivity (Wildman–Crippen MR) is 81.9 cm³/mol. The predicted octanol–water partition coefficient (Wildman–Crippen LogP) is 4.45. The van der Waals surface area contributed by atoms with E-state index in [1.54, 1.807) is 0 Å². The van der Waals surface area contributed by atoms with E-state index >= 15 is 0 Å². The third-order valence-electron chi connectivity index (χ3n) is 3.37. The van der Waals surface area contributed by atoms with Gasteiger partial charge < -0.3 is 10.6 Å². The first-order chi connectivity index (χ1) is 9.32. The molecule has 0 heterocycles. The van der Waals surface area contributed by atoms with Crippen molar-refractivity contribution in [2.75, 3.05) is 23.7 Å². The van der Waals surface area contributed by atoms with Crippen molar-refractivity contribution in [1.29, 1.82) is 0 Å². The zero-order chi connectivity index (χ0) is 15.3. The Labute approximate surface area is 121 Å². The van der Waals surface area contributed by atoms with Crippen molar-refractivity contribution >= 4 is 11.4 Å². The quantitative estimate of drug-likeness (QED) is 0.750. The van der Waals surface area contributed by atoms with E-state index < -0.39 is 11.6 Å². The molecule has 1 rings (SSSR count). The molecule has 1 aromatic carbocycles. The number of nitrogens with zero attached hydrogens (tertiary/aromatic N) is 1. The molecule has 0 unspecified atom stereocenters. The summed E-state index contributed by atoms with van der Waals surface area (Å²) in [5, 5.41) is 0. The van der Waals surface area contributed by atoms with Crippen molar-refractivity contribution in [2.24, 2.45) is 11.8 Å². The Morgan fingerprint density at radius 1 is 1.00 bits per heavy atom. The number of anilines is 2. The van der Waals surface area contributed by atoms with Crippen LogP contribution in [0.15, 0.2) is 12.1 Å². The van der Waals surface area contributed by atoms with Gasteiger partial charge in [0, 0.05) is 13.1 Å². The molecule has 0 aliphatic carbocycles. The summed E-state index contributed by atoms with van der Waals surface area (Å²) in [6, 6.07) is 2.52. The largest absolute Gasteiger partial charge is 0.397 e. The summed E-state index contributed by atoms with van der Waals surface area (Å²) in [6.45, 7) is 9.85. The normalized spacial score (nSPS) is 11.4. The summed E-state index contributed by atoms with van der Waals surface area (Å²) in [5.74, 6) is -0.658. The molecular formula is C16H26F2N2. The van der Waals surface area contributed by atoms with Crippen LogP contribution in [-0.2, 0) is 0 Å². The third kappa shape index (κ3) is 4.66. The lowest BCUT2D eigenvalue weighted by molar-refractivity contribution is 0.494. The summed E-state index contributed by atoms with van der Waals surface area (Å²) < 4.78 is 27.5. The van der Waals surface area contributed by atoms with Gasteiger partial charge in [0.25, 0.3) is 0 Å². The first-order valence-corrected chi connectivity index (χ1v) is 7.31. The van der Waals surface area contributed by atoms with E-state index in [-0.39, 0.29) is 5.69 Å². The molecule has 2 nitrogen and oxygen atoms in total. The smallest absolute Gasteiger partial charge is 0.184 e. The van der Waals surface area contributed by atoms with Gasteiger partial charge in [-0.05, 0) is 36.8 Å². The van der Waals surface area contributed by atoms with Crippen molar-refractivity contribution in [1.82, 2.24) is 0 Å². The van der Waals surface area contributed by atoms with Gasteiger partial charge in [-0.3, -0.25) is 0 Å². The molecule has 114 valence electrons. The van der Waals surface area contributed by atoms with Gasteiger partial charge in [0.1, 0.15) is 0 Å². The van der Waals surface area contributed by atoms with Crippen molar-refractivity contribution < 1.29 is 8.78 Å². The maximum absolute atomic E-state index is 14.1. The fourth-order valence-electron chi connectivity index (χ4n) is 2.04. The third-order valence-corrected chi connectivity index (χ3v) is 3.37. The molecule has 0 amide bonds. The molecule has 0 saturated carbocycles. The number of hydrogen-bond donors (Lipinski definition) is 1. The Morgan fingerprint density at radius 3 is 1.95 bits per heavy atom. The Balaban J connectivity index is 2.99. The number of halogens is 2. The van der Waals surface area contributed by atoms with Crippen molar-refractivity contribution in [2.45, 2.75) is 40.5 Å². The van der Waals surface area contributed by atoms with Gasteiger partial charge in [0.05, 0.1) is 11.4 Å². The number of rotatable bonds is 7. The van der Waals surface area contributed by atoms with Gasteiger partial charge in [0.15, 0.2) is 11.6 Å². The molecule has 0 aliphatic heterocycles. The summed E-state index contributed by atoms with van der Waals surface area (Å²) >= 11 is 0. The lowest BCUT2D eigenvalue weighted by Gasteiger charge is -2.28. The second kappa shape index (κ2) is 7.46. The maximum atomic E-state index is 14.1. The number of nitrogen functional groups attached to an aromatic ring is 1. The van der Waals surface area contributed by atoms with Crippen LogP contribution in [0.2, 0.25) is 0 Å². The highest BCUT2D eigenvalue weighted by Gasteiger charge is 2.19. The van der Waals surface area contributed by atoms with Crippen LogP contribution in [0.5, 0.6) is 0 Å². The highest BCUT2D eigenvalue weighted by molar-refractivity contribution is 5.68. The van der Waals surface area contributed by atoms with Gasteiger partial charge in [-0.1, -0.05) is 27.7 Å². The first kappa shape index (κ1) is 16.7. The molecule has 4 heteroatoms. The van der Waals surface area contributed by atoms with E-state index in [0.717, 1.165) is 18.9 Å². The Hall–Kier alpha value is -1.32. The van der Waals surface area contributed by atoms with E-state index in [2.05, 4.69) is 27.7 Å². The second-order valence-corrected chi connectivity index (χ2v) is 6.15. The van der Waals surface area contributed by atoms with E-state index in [1.165, 1.54) is 6.07 Å². The van der Waals surface area contributed by atoms with Crippen LogP contribution in [0.1, 0.15) is 40.5 Å². The molecule has 0 fully saturated rings. The van der Waals surface area contributed by atoms with Crippen LogP contribution in [-0.4, -0.2) is 13.1 Å². The number of hydrogen-bond acceptors (Lipinski definition) is 2. The molecule has 0 aliphatic rings. The van der Waals surface area contributed by atoms with E-state index in [9.17, 15) is 8.78 Å². The SMILES string of the molecule is CC(C)CCN(CCC(C)C)c1c(N)ccc(F)c1F. The first-order valence-electron chi connectivity index (χ1n) is 7.31. The molecule has 20 heavy (non-hydrogen) atoms. The van der Waals surface area contributed by atoms with Crippen LogP contribution in [0.4, 0.5) is 20.2 Å². The fraction of sp³-hybridized carbons (Fsp3) is 0.625. The van der Waals surface area contributed by atoms with Gasteiger partial charge in [-0.2, -0.15) is 0 Å². The molecule has 1 aromatic rings. The Bertz CT molecular complexity index is 419. The molecule has 0 atom stereocenters. The minimum absolute atomic E-state index is 0.214. The minimum Gasteiger partial charge on any atom is -0.397 e. The van der Waals surface area contributed by atoms with E-state index in [4.69, 9.17) is 5.73 Å². The summed E-state index contributed by atoms with van der Waals surface area (Å²) in [4.78, 5) is 1.88. The maximum Gasteiger partial charge on any atom is 0.184 e. The second-order valence-electron chi connectivity index (χ2n) is 6.15. The molecule has 0 bridgehead atoms. The summed E-state index contributed by atoms with van der Waals surface area (Å²) in [7, 11) is 0. The van der Waals surface area contributed by atoms with Gasteiger partial charge in [0.2, 0.25) is 0 Å². The zero-order valence-electron chi connectivity index (χ0n) is 12.9. The van der Waals surface area contributed by atoms with Crippen molar-refractivity contribution in [3.63, 3.8) is 0 Å². The Morgan fingerprint density at radius 2 is 1.50 bits per heavy atom. The van der Waals surface area contributed by atoms with E-state index in [1.807, 2.05) is 4.90 Å². The average molecular weight is 284 g/mol. The zero-order valence-corrected chi connectivity index (χ0v) is 12.9. The van der Waals surface area contributed by atoms with Crippen LogP contribution < -0.4 is 10.6 Å². The van der Waals surface area contributed by atoms with Crippen LogP contribution in [0.25, 0.3) is 0 Å². The molecular weight excluding hydrogens is 258 g/mol. The van der Waals surface area contributed by atoms with Crippen LogP contribution >= 0.6 is 0 Å². The highest BCUT2D eigenvalue weighted by Crippen LogP contribution is 2.29. The fourth-order valence-corrected chi connectivity index (χ4v) is 2.04. The molecule has 0 saturated heterocycles. The van der Waals surface area contributed by atoms with Gasteiger partial charge >= 0.3 is 0 Å².